The minimum Gasteiger partial charge on any atom is -0.480 e. The molecule has 0 saturated heterocycles. The van der Waals surface area contributed by atoms with E-state index in [-0.39, 0.29) is 18.0 Å². The molecular formula is C15H21N3O4. The van der Waals surface area contributed by atoms with Gasteiger partial charge in [0.1, 0.15) is 6.04 Å². The Bertz CT molecular complexity index is 557. The van der Waals surface area contributed by atoms with Gasteiger partial charge in [0.2, 0.25) is 5.91 Å². The Balaban J connectivity index is 2.62. The number of nitrogens with one attached hydrogen (secondary N) is 2. The van der Waals surface area contributed by atoms with Crippen LogP contribution in [0.15, 0.2) is 24.3 Å². The lowest BCUT2D eigenvalue weighted by molar-refractivity contribution is -0.142. The minimum absolute atomic E-state index is 0.143. The van der Waals surface area contributed by atoms with Gasteiger partial charge in [-0.05, 0) is 24.5 Å². The molecule has 2 amide bonds. The van der Waals surface area contributed by atoms with Gasteiger partial charge in [-0.25, -0.2) is 4.79 Å². The Hall–Kier alpha value is -2.57. The second-order valence-corrected chi connectivity index (χ2v) is 5.35. The third-order valence-electron chi connectivity index (χ3n) is 2.97. The molecule has 0 aliphatic carbocycles. The average Bonchev–Trinajstić information content (AvgIpc) is 2.44. The highest BCUT2D eigenvalue weighted by Gasteiger charge is 2.21. The summed E-state index contributed by atoms with van der Waals surface area (Å²) in [5.74, 6) is -2.00. The summed E-state index contributed by atoms with van der Waals surface area (Å²) in [5.41, 5.74) is 5.94. The molecular weight excluding hydrogens is 286 g/mol. The molecule has 1 aromatic carbocycles. The fraction of sp³-hybridized carbons (Fsp3) is 0.400. The van der Waals surface area contributed by atoms with Crippen molar-refractivity contribution in [2.24, 2.45) is 11.7 Å². The lowest BCUT2D eigenvalue weighted by Crippen LogP contribution is -2.44. The monoisotopic (exact) mass is 307 g/mol. The van der Waals surface area contributed by atoms with Gasteiger partial charge in [0.15, 0.2) is 0 Å². The number of benzene rings is 1. The molecule has 0 bridgehead atoms. The zero-order chi connectivity index (χ0) is 16.7. The highest BCUT2D eigenvalue weighted by Crippen LogP contribution is 2.13. The second kappa shape index (κ2) is 8.02. The zero-order valence-corrected chi connectivity index (χ0v) is 12.6. The molecule has 0 fully saturated rings. The van der Waals surface area contributed by atoms with Crippen LogP contribution in [0.5, 0.6) is 0 Å². The number of amides is 2. The van der Waals surface area contributed by atoms with Gasteiger partial charge < -0.3 is 21.5 Å². The zero-order valence-electron chi connectivity index (χ0n) is 12.6. The number of rotatable bonds is 8. The summed E-state index contributed by atoms with van der Waals surface area (Å²) < 4.78 is 0. The van der Waals surface area contributed by atoms with Crippen LogP contribution < -0.4 is 16.4 Å². The van der Waals surface area contributed by atoms with E-state index in [4.69, 9.17) is 10.8 Å². The topological polar surface area (TPSA) is 122 Å². The van der Waals surface area contributed by atoms with Crippen LogP contribution in [-0.4, -0.2) is 35.5 Å². The lowest BCUT2D eigenvalue weighted by Gasteiger charge is -2.17. The number of nitrogens with two attached hydrogens (primary N) is 1. The fourth-order valence-corrected chi connectivity index (χ4v) is 1.97. The standard InChI is InChI=1S/C15H21N3O4/c1-9(2)7-12(15(21)22)18-13(19)8-17-11-6-4-3-5-10(11)14(16)20/h3-6,9,12,17H,7-8H2,1-2H3,(H2,16,20)(H,18,19)(H,21,22)/t12-/m1/s1. The Kier molecular flexibility index (Phi) is 6.37. The number of hydrogen-bond donors (Lipinski definition) is 4. The first-order chi connectivity index (χ1) is 10.3. The van der Waals surface area contributed by atoms with Gasteiger partial charge >= 0.3 is 5.97 Å². The summed E-state index contributed by atoms with van der Waals surface area (Å²) in [7, 11) is 0. The molecule has 1 aromatic rings. The Morgan fingerprint density at radius 1 is 1.23 bits per heavy atom. The van der Waals surface area contributed by atoms with Gasteiger partial charge in [-0.2, -0.15) is 0 Å². The lowest BCUT2D eigenvalue weighted by atomic mass is 10.0. The van der Waals surface area contributed by atoms with E-state index in [9.17, 15) is 14.4 Å². The van der Waals surface area contributed by atoms with Crippen LogP contribution in [0.4, 0.5) is 5.69 Å². The smallest absolute Gasteiger partial charge is 0.326 e. The van der Waals surface area contributed by atoms with Crippen molar-refractivity contribution in [3.05, 3.63) is 29.8 Å². The predicted octanol–water partition coefficient (Wildman–Crippen LogP) is 0.813. The Labute approximate surface area is 128 Å². The largest absolute Gasteiger partial charge is 0.480 e. The van der Waals surface area contributed by atoms with Crippen LogP contribution in [0.25, 0.3) is 0 Å². The normalized spacial score (nSPS) is 11.8. The van der Waals surface area contributed by atoms with Crippen LogP contribution in [0.3, 0.4) is 0 Å². The number of carbonyl (C=O) groups is 3. The van der Waals surface area contributed by atoms with Crippen LogP contribution in [-0.2, 0) is 9.59 Å². The number of carboxylic acids is 1. The molecule has 0 radical (unpaired) electrons. The molecule has 5 N–H and O–H groups in total. The van der Waals surface area contributed by atoms with Crippen molar-refractivity contribution >= 4 is 23.5 Å². The second-order valence-electron chi connectivity index (χ2n) is 5.35. The first-order valence-corrected chi connectivity index (χ1v) is 6.96. The van der Waals surface area contributed by atoms with E-state index in [2.05, 4.69) is 10.6 Å². The summed E-state index contributed by atoms with van der Waals surface area (Å²) in [5, 5.41) is 14.3. The predicted molar refractivity (Wildman–Crippen MR) is 82.5 cm³/mol. The molecule has 0 aromatic heterocycles. The van der Waals surface area contributed by atoms with Crippen LogP contribution in [0, 0.1) is 5.92 Å². The molecule has 0 heterocycles. The molecule has 7 nitrogen and oxygen atoms in total. The van der Waals surface area contributed by atoms with Crippen molar-refractivity contribution in [1.29, 1.82) is 0 Å². The van der Waals surface area contributed by atoms with Gasteiger partial charge in [-0.15, -0.1) is 0 Å². The molecule has 0 saturated carbocycles. The highest BCUT2D eigenvalue weighted by molar-refractivity contribution is 5.99. The number of carboxylic acid groups (broad SMARTS) is 1. The van der Waals surface area contributed by atoms with E-state index in [0.29, 0.717) is 12.1 Å². The maximum absolute atomic E-state index is 11.8. The van der Waals surface area contributed by atoms with Gasteiger partial charge in [-0.1, -0.05) is 26.0 Å². The third kappa shape index (κ3) is 5.43. The summed E-state index contributed by atoms with van der Waals surface area (Å²) in [6, 6.07) is 5.60. The fourth-order valence-electron chi connectivity index (χ4n) is 1.97. The summed E-state index contributed by atoms with van der Waals surface area (Å²) >= 11 is 0. The maximum atomic E-state index is 11.8. The molecule has 7 heteroatoms. The molecule has 0 unspecified atom stereocenters. The summed E-state index contributed by atoms with van der Waals surface area (Å²) in [6.07, 6.45) is 0.346. The highest BCUT2D eigenvalue weighted by atomic mass is 16.4. The van der Waals surface area contributed by atoms with E-state index in [1.54, 1.807) is 24.3 Å². The van der Waals surface area contributed by atoms with Crippen molar-refractivity contribution in [1.82, 2.24) is 5.32 Å². The van der Waals surface area contributed by atoms with Crippen molar-refractivity contribution in [3.8, 4) is 0 Å². The first kappa shape index (κ1) is 17.5. The number of hydrogen-bond acceptors (Lipinski definition) is 4. The maximum Gasteiger partial charge on any atom is 0.326 e. The molecule has 120 valence electrons. The average molecular weight is 307 g/mol. The summed E-state index contributed by atoms with van der Waals surface area (Å²) in [4.78, 5) is 34.2. The van der Waals surface area contributed by atoms with E-state index >= 15 is 0 Å². The Morgan fingerprint density at radius 3 is 2.41 bits per heavy atom. The van der Waals surface area contributed by atoms with Crippen LogP contribution in [0.2, 0.25) is 0 Å². The molecule has 0 aliphatic rings. The molecule has 0 aliphatic heterocycles. The van der Waals surface area contributed by atoms with E-state index in [1.807, 2.05) is 13.8 Å². The number of aliphatic carboxylic acids is 1. The third-order valence-corrected chi connectivity index (χ3v) is 2.97. The van der Waals surface area contributed by atoms with Gasteiger partial charge in [0, 0.05) is 5.69 Å². The van der Waals surface area contributed by atoms with Crippen molar-refractivity contribution in [2.75, 3.05) is 11.9 Å². The van der Waals surface area contributed by atoms with E-state index < -0.39 is 23.8 Å². The molecule has 22 heavy (non-hydrogen) atoms. The number of para-hydroxylation sites is 1. The molecule has 1 rings (SSSR count). The van der Waals surface area contributed by atoms with E-state index in [1.165, 1.54) is 0 Å². The minimum atomic E-state index is -1.07. The van der Waals surface area contributed by atoms with Gasteiger partial charge in [0.05, 0.1) is 12.1 Å². The number of primary amides is 1. The van der Waals surface area contributed by atoms with Gasteiger partial charge in [0.25, 0.3) is 5.91 Å². The Morgan fingerprint density at radius 2 is 1.86 bits per heavy atom. The van der Waals surface area contributed by atoms with Crippen LogP contribution >= 0.6 is 0 Å². The SMILES string of the molecule is CC(C)C[C@@H](NC(=O)CNc1ccccc1C(N)=O)C(=O)O. The first-order valence-electron chi connectivity index (χ1n) is 6.96. The van der Waals surface area contributed by atoms with Crippen molar-refractivity contribution < 1.29 is 19.5 Å². The van der Waals surface area contributed by atoms with Gasteiger partial charge in [-0.3, -0.25) is 9.59 Å². The molecule has 1 atom stereocenters. The quantitative estimate of drug-likeness (QED) is 0.566. The molecule has 0 spiro atoms. The van der Waals surface area contributed by atoms with Crippen LogP contribution in [0.1, 0.15) is 30.6 Å². The van der Waals surface area contributed by atoms with E-state index in [0.717, 1.165) is 0 Å². The number of anilines is 1. The summed E-state index contributed by atoms with van der Waals surface area (Å²) in [6.45, 7) is 3.61. The van der Waals surface area contributed by atoms with Crippen molar-refractivity contribution in [2.45, 2.75) is 26.3 Å². The number of carbonyl (C=O) groups excluding carboxylic acids is 2. The van der Waals surface area contributed by atoms with Crippen molar-refractivity contribution in [3.63, 3.8) is 0 Å².